The fourth-order valence-electron chi connectivity index (χ4n) is 4.97. The van der Waals surface area contributed by atoms with Gasteiger partial charge in [0.15, 0.2) is 23.3 Å². The van der Waals surface area contributed by atoms with Gasteiger partial charge in [-0.3, -0.25) is 9.59 Å². The molecule has 0 bridgehead atoms. The van der Waals surface area contributed by atoms with Crippen molar-refractivity contribution in [2.45, 2.75) is 24.7 Å². The summed E-state index contributed by atoms with van der Waals surface area (Å²) in [5.74, 6) is -2.06. The van der Waals surface area contributed by atoms with E-state index in [1.807, 2.05) is 0 Å². The third kappa shape index (κ3) is 14.6. The number of nitrogens with zero attached hydrogens (tertiary/aromatic N) is 4. The van der Waals surface area contributed by atoms with Crippen LogP contribution in [-0.4, -0.2) is 59.8 Å². The maximum atomic E-state index is 13.2. The van der Waals surface area contributed by atoms with Crippen molar-refractivity contribution in [1.82, 2.24) is 10.6 Å². The van der Waals surface area contributed by atoms with Crippen LogP contribution in [0.2, 0.25) is 0 Å². The summed E-state index contributed by atoms with van der Waals surface area (Å²) in [6, 6.07) is 12.5. The number of hydrogen-bond donors (Lipinski definition) is 6. The number of carbonyl (C=O) groups is 2. The van der Waals surface area contributed by atoms with E-state index in [-0.39, 0.29) is 59.1 Å². The van der Waals surface area contributed by atoms with E-state index in [0.717, 1.165) is 0 Å². The Morgan fingerprint density at radius 3 is 0.891 bits per heavy atom. The molecule has 10 N–H and O–H groups in total. The monoisotopic (exact) mass is 952 g/mol. The van der Waals surface area contributed by atoms with Crippen LogP contribution in [0.15, 0.2) is 105 Å². The predicted molar refractivity (Wildman–Crippen MR) is 218 cm³/mol. The molecule has 4 aromatic rings. The maximum Gasteiger partial charge on any atom is 0.416 e. The Hall–Kier alpha value is -6.44. The zero-order valence-corrected chi connectivity index (χ0v) is 33.8. The number of hydrogen-bond acceptors (Lipinski definition) is 8. The molecule has 0 unspecified atom stereocenters. The minimum atomic E-state index is -5.10. The molecule has 2 amide bonds. The van der Waals surface area contributed by atoms with Crippen molar-refractivity contribution in [2.75, 3.05) is 24.6 Å². The van der Waals surface area contributed by atoms with Crippen molar-refractivity contribution in [3.8, 4) is 0 Å². The molecule has 64 heavy (non-hydrogen) atoms. The largest absolute Gasteiger partial charge is 0.416 e. The second-order valence-corrected chi connectivity index (χ2v) is 15.5. The molecule has 0 atom stereocenters. The van der Waals surface area contributed by atoms with Gasteiger partial charge in [-0.15, -0.1) is 20.4 Å². The zero-order valence-electron chi connectivity index (χ0n) is 32.2. The summed E-state index contributed by atoms with van der Waals surface area (Å²) >= 11 is 0. The minimum absolute atomic E-state index is 0.0597. The molecule has 0 radical (unpaired) electrons. The molecule has 4 aromatic carbocycles. The van der Waals surface area contributed by atoms with Gasteiger partial charge in [0.1, 0.15) is 0 Å². The van der Waals surface area contributed by atoms with Crippen molar-refractivity contribution in [1.29, 1.82) is 0 Å². The first-order valence-electron chi connectivity index (χ1n) is 17.7. The normalized spacial score (nSPS) is 13.5. The van der Waals surface area contributed by atoms with Gasteiger partial charge < -0.3 is 33.6 Å². The van der Waals surface area contributed by atoms with Gasteiger partial charge in [-0.1, -0.05) is 45.9 Å². The zero-order chi connectivity index (χ0) is 47.6. The Bertz CT molecular complexity index is 2200. The number of amides is 2. The first kappa shape index (κ1) is 50.2. The summed E-state index contributed by atoms with van der Waals surface area (Å²) in [5, 5.41) is 19.5. The molecule has 0 fully saturated rings. The van der Waals surface area contributed by atoms with Crippen LogP contribution in [-0.2, 0) is 24.7 Å². The molecule has 0 aliphatic rings. The standard InChI is InChI=1S/C38H32F12N10O2S2/c39-35(40,41)25-13-23(14-26(17-25)36(42,43)44)31(53)59-57-29(51)19-1-5-21(6-2-19)33(61)55-9-11-63-64-12-10-56-34(62)22-7-3-20(4-8-22)30(52)58-60-32(54)24-15-27(37(45,46)47)18-28(16-24)38(48,49)50/h1-8,13-18H,9-12H2,(H2,51,57)(H2,52,58)(H2,53,59)(H2,54,60)(H,55,61)(H,56,62). The lowest BCUT2D eigenvalue weighted by Crippen LogP contribution is -2.26. The second-order valence-electron chi connectivity index (χ2n) is 12.8. The molecular formula is C38H32F12N10O2S2. The molecule has 0 heterocycles. The van der Waals surface area contributed by atoms with E-state index in [1.54, 1.807) is 0 Å². The third-order valence-electron chi connectivity index (χ3n) is 8.21. The number of rotatable bonds is 15. The average molecular weight is 953 g/mol. The quantitative estimate of drug-likeness (QED) is 0.0177. The number of carbonyl (C=O) groups excluding carboxylic acids is 2. The topological polar surface area (TPSA) is 212 Å². The molecule has 0 aliphatic heterocycles. The summed E-state index contributed by atoms with van der Waals surface area (Å²) in [5.41, 5.74) is 16.1. The molecule has 12 nitrogen and oxygen atoms in total. The van der Waals surface area contributed by atoms with Crippen LogP contribution < -0.4 is 33.6 Å². The lowest BCUT2D eigenvalue weighted by Gasteiger charge is -2.13. The summed E-state index contributed by atoms with van der Waals surface area (Å²) < 4.78 is 158. The smallest absolute Gasteiger partial charge is 0.382 e. The molecule has 0 aromatic heterocycles. The van der Waals surface area contributed by atoms with Crippen molar-refractivity contribution in [2.24, 2.45) is 43.3 Å². The summed E-state index contributed by atoms with van der Waals surface area (Å²) in [7, 11) is 2.81. The van der Waals surface area contributed by atoms with Gasteiger partial charge in [-0.05, 0) is 60.7 Å². The Morgan fingerprint density at radius 1 is 0.406 bits per heavy atom. The van der Waals surface area contributed by atoms with Crippen LogP contribution in [0, 0.1) is 0 Å². The van der Waals surface area contributed by atoms with E-state index in [2.05, 4.69) is 31.0 Å². The van der Waals surface area contributed by atoms with Gasteiger partial charge in [0.05, 0.1) is 22.3 Å². The number of nitrogens with one attached hydrogen (secondary N) is 2. The fourth-order valence-corrected chi connectivity index (χ4v) is 6.78. The van der Waals surface area contributed by atoms with Gasteiger partial charge in [0.2, 0.25) is 0 Å². The van der Waals surface area contributed by atoms with E-state index >= 15 is 0 Å². The van der Waals surface area contributed by atoms with Gasteiger partial charge in [0, 0.05) is 58.0 Å². The highest BCUT2D eigenvalue weighted by Crippen LogP contribution is 2.38. The minimum Gasteiger partial charge on any atom is -0.382 e. The average Bonchev–Trinajstić information content (AvgIpc) is 3.23. The number of nitrogens with two attached hydrogens (primary N) is 4. The van der Waals surface area contributed by atoms with E-state index in [1.165, 1.54) is 70.1 Å². The summed E-state index contributed by atoms with van der Waals surface area (Å²) in [6.45, 7) is 0.517. The molecule has 342 valence electrons. The summed E-state index contributed by atoms with van der Waals surface area (Å²) in [4.78, 5) is 25.1. The fraction of sp³-hybridized carbons (Fsp3) is 0.211. The van der Waals surface area contributed by atoms with Crippen LogP contribution in [0.25, 0.3) is 0 Å². The first-order valence-corrected chi connectivity index (χ1v) is 20.2. The van der Waals surface area contributed by atoms with E-state index in [9.17, 15) is 62.3 Å². The molecule has 4 rings (SSSR count). The SMILES string of the molecule is N/C(=N\N=C(/N)c1cc(C(F)(F)F)cc(C(F)(F)F)c1)c1ccc(C(=O)NCCSSCCNC(=O)c2ccc(/C(N)=N/N=C(\N)c3cc(C(F)(F)F)cc(C(F)(F)F)c3)cc2)cc1. The Labute approximate surface area is 362 Å². The molecule has 0 saturated heterocycles. The van der Waals surface area contributed by atoms with Crippen molar-refractivity contribution < 1.29 is 62.3 Å². The van der Waals surface area contributed by atoms with E-state index < -0.39 is 81.6 Å². The van der Waals surface area contributed by atoms with Gasteiger partial charge in [-0.25, -0.2) is 0 Å². The van der Waals surface area contributed by atoms with Gasteiger partial charge in [0.25, 0.3) is 11.8 Å². The predicted octanol–water partition coefficient (Wildman–Crippen LogP) is 7.35. The highest BCUT2D eigenvalue weighted by atomic mass is 33.1. The lowest BCUT2D eigenvalue weighted by atomic mass is 10.0. The molecule has 0 saturated carbocycles. The van der Waals surface area contributed by atoms with Crippen LogP contribution in [0.3, 0.4) is 0 Å². The van der Waals surface area contributed by atoms with Crippen LogP contribution in [0.1, 0.15) is 65.2 Å². The molecular weight excluding hydrogens is 921 g/mol. The maximum absolute atomic E-state index is 13.2. The summed E-state index contributed by atoms with van der Waals surface area (Å²) in [6.07, 6.45) is -20.4. The highest BCUT2D eigenvalue weighted by molar-refractivity contribution is 8.76. The van der Waals surface area contributed by atoms with Gasteiger partial charge >= 0.3 is 24.7 Å². The van der Waals surface area contributed by atoms with Crippen LogP contribution in [0.5, 0.6) is 0 Å². The molecule has 0 aliphatic carbocycles. The van der Waals surface area contributed by atoms with Crippen molar-refractivity contribution >= 4 is 56.7 Å². The molecule has 0 spiro atoms. The third-order valence-corrected chi connectivity index (χ3v) is 10.6. The number of alkyl halides is 12. The van der Waals surface area contributed by atoms with E-state index in [0.29, 0.717) is 35.8 Å². The van der Waals surface area contributed by atoms with Gasteiger partial charge in [-0.2, -0.15) is 52.7 Å². The second kappa shape index (κ2) is 20.8. The first-order chi connectivity index (χ1) is 29.7. The molecule has 26 heteroatoms. The van der Waals surface area contributed by atoms with E-state index in [4.69, 9.17) is 22.9 Å². The number of benzene rings is 4. The van der Waals surface area contributed by atoms with Crippen LogP contribution in [0.4, 0.5) is 52.7 Å². The van der Waals surface area contributed by atoms with Crippen LogP contribution >= 0.6 is 21.6 Å². The number of amidine groups is 4. The lowest BCUT2D eigenvalue weighted by molar-refractivity contribution is -0.144. The number of halogens is 12. The van der Waals surface area contributed by atoms with Crippen molar-refractivity contribution in [3.63, 3.8) is 0 Å². The highest BCUT2D eigenvalue weighted by Gasteiger charge is 2.38. The Kier molecular flexibility index (Phi) is 16.3. The Morgan fingerprint density at radius 2 is 0.641 bits per heavy atom. The Balaban J connectivity index is 1.19. The van der Waals surface area contributed by atoms with Crippen molar-refractivity contribution in [3.05, 3.63) is 141 Å².